The Balaban J connectivity index is 1.58. The molecule has 1 aromatic carbocycles. The van der Waals surface area contributed by atoms with E-state index in [1.54, 1.807) is 6.26 Å². The molecule has 110 valence electrons. The van der Waals surface area contributed by atoms with E-state index >= 15 is 0 Å². The number of oxazole rings is 1. The maximum absolute atomic E-state index is 12.0. The summed E-state index contributed by atoms with van der Waals surface area (Å²) in [7, 11) is 0. The van der Waals surface area contributed by atoms with Crippen LogP contribution in [-0.2, 0) is 11.2 Å². The second-order valence-electron chi connectivity index (χ2n) is 5.59. The summed E-state index contributed by atoms with van der Waals surface area (Å²) in [6, 6.07) is 10.1. The SMILES string of the molecule is O=C(Cc1coc(-c2ccccc2)n1)NC1CCCCC1. The van der Waals surface area contributed by atoms with E-state index in [-0.39, 0.29) is 12.3 Å². The highest BCUT2D eigenvalue weighted by atomic mass is 16.3. The molecule has 0 aliphatic heterocycles. The number of nitrogens with one attached hydrogen (secondary N) is 1. The Labute approximate surface area is 124 Å². The van der Waals surface area contributed by atoms with E-state index in [1.807, 2.05) is 30.3 Å². The summed E-state index contributed by atoms with van der Waals surface area (Å²) in [6.45, 7) is 0. The maximum Gasteiger partial charge on any atom is 0.226 e. The van der Waals surface area contributed by atoms with Crippen LogP contribution in [0.2, 0.25) is 0 Å². The molecule has 0 atom stereocenters. The Bertz CT molecular complexity index is 586. The third-order valence-electron chi connectivity index (χ3n) is 3.88. The van der Waals surface area contributed by atoms with Crippen LogP contribution in [0.25, 0.3) is 11.5 Å². The molecule has 2 aromatic rings. The largest absolute Gasteiger partial charge is 0.444 e. The molecule has 0 saturated heterocycles. The Kier molecular flexibility index (Phi) is 4.34. The molecule has 1 saturated carbocycles. The molecular weight excluding hydrogens is 264 g/mol. The predicted octanol–water partition coefficient (Wildman–Crippen LogP) is 3.33. The van der Waals surface area contributed by atoms with E-state index in [2.05, 4.69) is 10.3 Å². The fourth-order valence-corrected chi connectivity index (χ4v) is 2.79. The molecule has 1 aliphatic rings. The van der Waals surface area contributed by atoms with Crippen molar-refractivity contribution < 1.29 is 9.21 Å². The Morgan fingerprint density at radius 2 is 1.95 bits per heavy atom. The number of nitrogens with zero attached hydrogens (tertiary/aromatic N) is 1. The van der Waals surface area contributed by atoms with Gasteiger partial charge in [-0.25, -0.2) is 4.98 Å². The van der Waals surface area contributed by atoms with Crippen LogP contribution in [0.5, 0.6) is 0 Å². The summed E-state index contributed by atoms with van der Waals surface area (Å²) >= 11 is 0. The number of amides is 1. The summed E-state index contributed by atoms with van der Waals surface area (Å²) in [5.41, 5.74) is 1.61. The van der Waals surface area contributed by atoms with Crippen molar-refractivity contribution in [1.82, 2.24) is 10.3 Å². The monoisotopic (exact) mass is 284 g/mol. The molecule has 21 heavy (non-hydrogen) atoms. The lowest BCUT2D eigenvalue weighted by Gasteiger charge is -2.22. The first-order chi connectivity index (χ1) is 10.3. The minimum Gasteiger partial charge on any atom is -0.444 e. The summed E-state index contributed by atoms with van der Waals surface area (Å²) in [5.74, 6) is 0.603. The first kappa shape index (κ1) is 13.9. The van der Waals surface area contributed by atoms with Gasteiger partial charge in [0, 0.05) is 11.6 Å². The minimum absolute atomic E-state index is 0.0369. The zero-order valence-electron chi connectivity index (χ0n) is 12.0. The molecule has 1 fully saturated rings. The van der Waals surface area contributed by atoms with E-state index in [0.29, 0.717) is 17.6 Å². The van der Waals surface area contributed by atoms with E-state index < -0.39 is 0 Å². The highest BCUT2D eigenvalue weighted by molar-refractivity contribution is 5.78. The number of hydrogen-bond donors (Lipinski definition) is 1. The molecular formula is C17H20N2O2. The molecule has 1 aromatic heterocycles. The summed E-state index contributed by atoms with van der Waals surface area (Å²) in [5, 5.41) is 3.10. The van der Waals surface area contributed by atoms with Gasteiger partial charge in [0.2, 0.25) is 11.8 Å². The predicted molar refractivity (Wildman–Crippen MR) is 80.7 cm³/mol. The quantitative estimate of drug-likeness (QED) is 0.937. The zero-order valence-corrected chi connectivity index (χ0v) is 12.0. The molecule has 0 unspecified atom stereocenters. The molecule has 4 nitrogen and oxygen atoms in total. The summed E-state index contributed by atoms with van der Waals surface area (Å²) in [4.78, 5) is 16.4. The Hall–Kier alpha value is -2.10. The van der Waals surface area contributed by atoms with E-state index in [4.69, 9.17) is 4.42 Å². The van der Waals surface area contributed by atoms with Crippen LogP contribution in [0.1, 0.15) is 37.8 Å². The molecule has 1 amide bonds. The Morgan fingerprint density at radius 3 is 2.71 bits per heavy atom. The molecule has 0 spiro atoms. The van der Waals surface area contributed by atoms with Gasteiger partial charge in [-0.2, -0.15) is 0 Å². The van der Waals surface area contributed by atoms with Crippen molar-refractivity contribution in [1.29, 1.82) is 0 Å². The Morgan fingerprint density at radius 1 is 1.19 bits per heavy atom. The lowest BCUT2D eigenvalue weighted by atomic mass is 9.95. The lowest BCUT2D eigenvalue weighted by Crippen LogP contribution is -2.37. The topological polar surface area (TPSA) is 55.1 Å². The van der Waals surface area contributed by atoms with E-state index in [0.717, 1.165) is 18.4 Å². The molecule has 4 heteroatoms. The van der Waals surface area contributed by atoms with E-state index in [9.17, 15) is 4.79 Å². The van der Waals surface area contributed by atoms with Gasteiger partial charge < -0.3 is 9.73 Å². The van der Waals surface area contributed by atoms with Crippen molar-refractivity contribution in [2.24, 2.45) is 0 Å². The molecule has 0 bridgehead atoms. The van der Waals surface area contributed by atoms with Gasteiger partial charge >= 0.3 is 0 Å². The number of carbonyl (C=O) groups is 1. The van der Waals surface area contributed by atoms with E-state index in [1.165, 1.54) is 19.3 Å². The van der Waals surface area contributed by atoms with Gasteiger partial charge in [0.05, 0.1) is 12.1 Å². The zero-order chi connectivity index (χ0) is 14.5. The van der Waals surface area contributed by atoms with Crippen LogP contribution in [0.15, 0.2) is 41.0 Å². The first-order valence-electron chi connectivity index (χ1n) is 7.60. The smallest absolute Gasteiger partial charge is 0.226 e. The van der Waals surface area contributed by atoms with Crippen LogP contribution in [-0.4, -0.2) is 16.9 Å². The average Bonchev–Trinajstić information content (AvgIpc) is 2.97. The average molecular weight is 284 g/mol. The minimum atomic E-state index is 0.0369. The van der Waals surface area contributed by atoms with Gasteiger partial charge in [-0.15, -0.1) is 0 Å². The van der Waals surface area contributed by atoms with Crippen molar-refractivity contribution in [3.63, 3.8) is 0 Å². The molecule has 0 radical (unpaired) electrons. The second-order valence-corrected chi connectivity index (χ2v) is 5.59. The highest BCUT2D eigenvalue weighted by Crippen LogP contribution is 2.19. The second kappa shape index (κ2) is 6.57. The van der Waals surface area contributed by atoms with Gasteiger partial charge in [-0.1, -0.05) is 37.5 Å². The standard InChI is InChI=1S/C17H20N2O2/c20-16(18-14-9-5-2-6-10-14)11-15-12-21-17(19-15)13-7-3-1-4-8-13/h1,3-4,7-8,12,14H,2,5-6,9-11H2,(H,18,20). The maximum atomic E-state index is 12.0. The van der Waals surface area contributed by atoms with Crippen LogP contribution in [0, 0.1) is 0 Å². The molecule has 1 N–H and O–H groups in total. The normalized spacial score (nSPS) is 15.8. The van der Waals surface area contributed by atoms with Crippen LogP contribution in [0.4, 0.5) is 0 Å². The third-order valence-corrected chi connectivity index (χ3v) is 3.88. The molecule has 3 rings (SSSR count). The van der Waals surface area contributed by atoms with Gasteiger partial charge in [-0.05, 0) is 25.0 Å². The summed E-state index contributed by atoms with van der Waals surface area (Å²) < 4.78 is 5.45. The van der Waals surface area contributed by atoms with Crippen molar-refractivity contribution in [2.75, 3.05) is 0 Å². The number of hydrogen-bond acceptors (Lipinski definition) is 3. The molecule has 1 heterocycles. The van der Waals surface area contributed by atoms with Crippen molar-refractivity contribution in [3.8, 4) is 11.5 Å². The fourth-order valence-electron chi connectivity index (χ4n) is 2.79. The number of aromatic nitrogens is 1. The first-order valence-corrected chi connectivity index (χ1v) is 7.60. The molecule has 1 aliphatic carbocycles. The van der Waals surface area contributed by atoms with Gasteiger partial charge in [-0.3, -0.25) is 4.79 Å². The highest BCUT2D eigenvalue weighted by Gasteiger charge is 2.17. The van der Waals surface area contributed by atoms with Gasteiger partial charge in [0.25, 0.3) is 0 Å². The summed E-state index contributed by atoms with van der Waals surface area (Å²) in [6.07, 6.45) is 7.77. The van der Waals surface area contributed by atoms with Gasteiger partial charge in [0.1, 0.15) is 6.26 Å². The van der Waals surface area contributed by atoms with Gasteiger partial charge in [0.15, 0.2) is 0 Å². The van der Waals surface area contributed by atoms with Crippen molar-refractivity contribution in [2.45, 2.75) is 44.6 Å². The number of benzene rings is 1. The van der Waals surface area contributed by atoms with Crippen LogP contribution >= 0.6 is 0 Å². The van der Waals surface area contributed by atoms with Crippen molar-refractivity contribution >= 4 is 5.91 Å². The van der Waals surface area contributed by atoms with Crippen LogP contribution < -0.4 is 5.32 Å². The fraction of sp³-hybridized carbons (Fsp3) is 0.412. The number of rotatable bonds is 4. The number of carbonyl (C=O) groups excluding carboxylic acids is 1. The van der Waals surface area contributed by atoms with Crippen LogP contribution in [0.3, 0.4) is 0 Å². The lowest BCUT2D eigenvalue weighted by molar-refractivity contribution is -0.121. The third kappa shape index (κ3) is 3.72. The van der Waals surface area contributed by atoms with Crippen molar-refractivity contribution in [3.05, 3.63) is 42.3 Å².